The van der Waals surface area contributed by atoms with Gasteiger partial charge >= 0.3 is 0 Å². The molecule has 3 rings (SSSR count). The molecule has 0 aliphatic heterocycles. The van der Waals surface area contributed by atoms with Gasteiger partial charge in [-0.25, -0.2) is 17.1 Å². The Morgan fingerprint density at radius 2 is 1.46 bits per heavy atom. The molecule has 7 nitrogen and oxygen atoms in total. The zero-order valence-electron chi connectivity index (χ0n) is 22.6. The Bertz CT molecular complexity index is 1320. The predicted octanol–water partition coefficient (Wildman–Crippen LogP) is 4.39. The number of rotatable bonds is 13. The monoisotopic (exact) mass is 553 g/mol. The lowest BCUT2D eigenvalue weighted by atomic mass is 10.0. The van der Waals surface area contributed by atoms with Crippen molar-refractivity contribution in [2.45, 2.75) is 56.6 Å². The standard InChI is InChI=1S/C30H36FN3O4S/c1-23(2)32-30(36)28(21-24-11-6-4-7-12-24)34(22-25-16-18-26(31)19-17-25)29(35)15-10-20-33(3)39(37,38)27-13-8-5-9-14-27/h4-9,11-14,16-19,23,28H,10,15,20-22H2,1-3H3,(H,32,36). The number of amides is 2. The maximum atomic E-state index is 13.6. The highest BCUT2D eigenvalue weighted by Gasteiger charge is 2.31. The van der Waals surface area contributed by atoms with E-state index in [-0.39, 0.29) is 48.7 Å². The van der Waals surface area contributed by atoms with Crippen LogP contribution in [-0.4, -0.2) is 55.1 Å². The molecule has 3 aromatic rings. The molecule has 39 heavy (non-hydrogen) atoms. The van der Waals surface area contributed by atoms with Gasteiger partial charge in [0.15, 0.2) is 0 Å². The Hall–Kier alpha value is -3.56. The number of nitrogens with zero attached hydrogens (tertiary/aromatic N) is 2. The van der Waals surface area contributed by atoms with Crippen LogP contribution in [0.1, 0.15) is 37.8 Å². The van der Waals surface area contributed by atoms with Gasteiger partial charge in [-0.15, -0.1) is 0 Å². The van der Waals surface area contributed by atoms with Crippen LogP contribution >= 0.6 is 0 Å². The summed E-state index contributed by atoms with van der Waals surface area (Å²) >= 11 is 0. The Morgan fingerprint density at radius 1 is 0.872 bits per heavy atom. The molecule has 9 heteroatoms. The number of carbonyl (C=O) groups excluding carboxylic acids is 2. The molecule has 0 aliphatic carbocycles. The Morgan fingerprint density at radius 3 is 2.05 bits per heavy atom. The van der Waals surface area contributed by atoms with Gasteiger partial charge in [0, 0.05) is 39.0 Å². The van der Waals surface area contributed by atoms with Gasteiger partial charge in [0.25, 0.3) is 0 Å². The molecule has 0 aliphatic rings. The number of hydrogen-bond donors (Lipinski definition) is 1. The highest BCUT2D eigenvalue weighted by Crippen LogP contribution is 2.18. The summed E-state index contributed by atoms with van der Waals surface area (Å²) in [6.07, 6.45) is 0.607. The molecule has 1 N–H and O–H groups in total. The molecule has 0 aromatic heterocycles. The first-order valence-electron chi connectivity index (χ1n) is 13.0. The van der Waals surface area contributed by atoms with E-state index in [2.05, 4.69) is 5.32 Å². The lowest BCUT2D eigenvalue weighted by Crippen LogP contribution is -2.51. The second-order valence-electron chi connectivity index (χ2n) is 9.76. The summed E-state index contributed by atoms with van der Waals surface area (Å²) in [5, 5.41) is 2.93. The number of nitrogens with one attached hydrogen (secondary N) is 1. The zero-order valence-corrected chi connectivity index (χ0v) is 23.4. The SMILES string of the molecule is CC(C)NC(=O)C(Cc1ccccc1)N(Cc1ccc(F)cc1)C(=O)CCCN(C)S(=O)(=O)c1ccccc1. The first kappa shape index (κ1) is 30.0. The van der Waals surface area contributed by atoms with Crippen molar-refractivity contribution in [2.24, 2.45) is 0 Å². The van der Waals surface area contributed by atoms with Crippen LogP contribution in [0.25, 0.3) is 0 Å². The summed E-state index contributed by atoms with van der Waals surface area (Å²) in [6, 6.07) is 22.5. The number of sulfonamides is 1. The van der Waals surface area contributed by atoms with Gasteiger partial charge in [0.05, 0.1) is 4.90 Å². The average Bonchev–Trinajstić information content (AvgIpc) is 2.92. The van der Waals surface area contributed by atoms with E-state index in [0.29, 0.717) is 12.0 Å². The average molecular weight is 554 g/mol. The third-order valence-corrected chi connectivity index (χ3v) is 8.15. The van der Waals surface area contributed by atoms with E-state index in [1.165, 1.54) is 40.5 Å². The molecule has 2 amide bonds. The lowest BCUT2D eigenvalue weighted by Gasteiger charge is -2.32. The fourth-order valence-corrected chi connectivity index (χ4v) is 5.44. The second-order valence-corrected chi connectivity index (χ2v) is 11.8. The summed E-state index contributed by atoms with van der Waals surface area (Å²) in [5.74, 6) is -0.963. The number of halogens is 1. The van der Waals surface area contributed by atoms with Crippen LogP contribution in [0, 0.1) is 5.82 Å². The highest BCUT2D eigenvalue weighted by atomic mass is 32.2. The van der Waals surface area contributed by atoms with Gasteiger partial charge in [-0.05, 0) is 55.7 Å². The van der Waals surface area contributed by atoms with Crippen molar-refractivity contribution in [1.29, 1.82) is 0 Å². The van der Waals surface area contributed by atoms with Crippen molar-refractivity contribution in [3.63, 3.8) is 0 Å². The van der Waals surface area contributed by atoms with Crippen LogP contribution in [0.3, 0.4) is 0 Å². The van der Waals surface area contributed by atoms with Gasteiger partial charge in [0.2, 0.25) is 21.8 Å². The van der Waals surface area contributed by atoms with Crippen LogP contribution < -0.4 is 5.32 Å². The number of benzene rings is 3. The van der Waals surface area contributed by atoms with Crippen LogP contribution in [0.2, 0.25) is 0 Å². The lowest BCUT2D eigenvalue weighted by molar-refractivity contribution is -0.141. The fourth-order valence-electron chi connectivity index (χ4n) is 4.21. The molecule has 0 bridgehead atoms. The topological polar surface area (TPSA) is 86.8 Å². The van der Waals surface area contributed by atoms with Gasteiger partial charge in [-0.3, -0.25) is 9.59 Å². The van der Waals surface area contributed by atoms with Crippen molar-refractivity contribution < 1.29 is 22.4 Å². The minimum Gasteiger partial charge on any atom is -0.352 e. The third-order valence-electron chi connectivity index (χ3n) is 6.28. The van der Waals surface area contributed by atoms with Crippen LogP contribution in [0.5, 0.6) is 0 Å². The normalized spacial score (nSPS) is 12.4. The molecule has 3 aromatic carbocycles. The summed E-state index contributed by atoms with van der Waals surface area (Å²) in [7, 11) is -2.20. The molecule has 0 spiro atoms. The Labute approximate surface area is 230 Å². The van der Waals surface area contributed by atoms with E-state index >= 15 is 0 Å². The molecule has 1 atom stereocenters. The Balaban J connectivity index is 1.81. The number of carbonyl (C=O) groups is 2. The van der Waals surface area contributed by atoms with Gasteiger partial charge < -0.3 is 10.2 Å². The van der Waals surface area contributed by atoms with E-state index in [4.69, 9.17) is 0 Å². The van der Waals surface area contributed by atoms with Crippen LogP contribution in [-0.2, 0) is 32.6 Å². The molecule has 0 saturated carbocycles. The summed E-state index contributed by atoms with van der Waals surface area (Å²) in [4.78, 5) is 28.7. The van der Waals surface area contributed by atoms with Crippen LogP contribution in [0.15, 0.2) is 89.8 Å². The van der Waals surface area contributed by atoms with Gasteiger partial charge in [-0.2, -0.15) is 0 Å². The van der Waals surface area contributed by atoms with Crippen LogP contribution in [0.4, 0.5) is 4.39 Å². The molecule has 1 unspecified atom stereocenters. The molecular formula is C30H36FN3O4S. The maximum absolute atomic E-state index is 13.6. The Kier molecular flexibility index (Phi) is 10.8. The summed E-state index contributed by atoms with van der Waals surface area (Å²) in [5.41, 5.74) is 1.58. The van der Waals surface area contributed by atoms with Crippen molar-refractivity contribution in [3.8, 4) is 0 Å². The fraction of sp³-hybridized carbons (Fsp3) is 0.333. The maximum Gasteiger partial charge on any atom is 0.243 e. The first-order valence-corrected chi connectivity index (χ1v) is 14.4. The van der Waals surface area contributed by atoms with Gasteiger partial charge in [-0.1, -0.05) is 60.7 Å². The zero-order chi connectivity index (χ0) is 28.4. The van der Waals surface area contributed by atoms with E-state index in [1.54, 1.807) is 30.3 Å². The van der Waals surface area contributed by atoms with Crippen molar-refractivity contribution in [1.82, 2.24) is 14.5 Å². The smallest absolute Gasteiger partial charge is 0.243 e. The van der Waals surface area contributed by atoms with Crippen molar-refractivity contribution in [2.75, 3.05) is 13.6 Å². The number of hydrogen-bond acceptors (Lipinski definition) is 4. The van der Waals surface area contributed by atoms with E-state index in [9.17, 15) is 22.4 Å². The van der Waals surface area contributed by atoms with Crippen molar-refractivity contribution >= 4 is 21.8 Å². The summed E-state index contributed by atoms with van der Waals surface area (Å²) < 4.78 is 40.5. The third kappa shape index (κ3) is 8.73. The van der Waals surface area contributed by atoms with E-state index < -0.39 is 21.9 Å². The molecule has 0 fully saturated rings. The molecule has 0 heterocycles. The van der Waals surface area contributed by atoms with E-state index in [0.717, 1.165) is 5.56 Å². The second kappa shape index (κ2) is 14.0. The molecule has 0 radical (unpaired) electrons. The predicted molar refractivity (Wildman–Crippen MR) is 150 cm³/mol. The highest BCUT2D eigenvalue weighted by molar-refractivity contribution is 7.89. The minimum absolute atomic E-state index is 0.0378. The van der Waals surface area contributed by atoms with E-state index in [1.807, 2.05) is 44.2 Å². The molecule has 208 valence electrons. The largest absolute Gasteiger partial charge is 0.352 e. The van der Waals surface area contributed by atoms with Crippen molar-refractivity contribution in [3.05, 3.63) is 102 Å². The first-order chi connectivity index (χ1) is 18.6. The van der Waals surface area contributed by atoms with Gasteiger partial charge in [0.1, 0.15) is 11.9 Å². The molecule has 0 saturated heterocycles. The quantitative estimate of drug-likeness (QED) is 0.340. The minimum atomic E-state index is -3.68. The summed E-state index contributed by atoms with van der Waals surface area (Å²) in [6.45, 7) is 3.95. The molecular weight excluding hydrogens is 517 g/mol.